The molecule has 1 amide bonds. The number of carbonyl (C=O) groups is 1. The Balaban J connectivity index is 1.40. The number of rotatable bonds is 2. The number of benzene rings is 1. The van der Waals surface area contributed by atoms with E-state index in [1.807, 2.05) is 41.3 Å². The lowest BCUT2D eigenvalue weighted by Crippen LogP contribution is -2.40. The molecule has 32 heavy (non-hydrogen) atoms. The van der Waals surface area contributed by atoms with Gasteiger partial charge in [0.15, 0.2) is 5.65 Å². The van der Waals surface area contributed by atoms with Crippen LogP contribution < -0.4 is 0 Å². The van der Waals surface area contributed by atoms with Crippen molar-refractivity contribution in [1.29, 1.82) is 0 Å². The van der Waals surface area contributed by atoms with Gasteiger partial charge in [-0.3, -0.25) is 4.79 Å². The zero-order chi connectivity index (χ0) is 21.9. The number of imidazole rings is 1. The lowest BCUT2D eigenvalue weighted by Gasteiger charge is -2.26. The average molecular weight is 425 g/mol. The number of morpholine rings is 1. The van der Waals surface area contributed by atoms with Gasteiger partial charge in [0.05, 0.1) is 25.1 Å². The third-order valence-electron chi connectivity index (χ3n) is 5.17. The summed E-state index contributed by atoms with van der Waals surface area (Å²) in [5, 5.41) is 14.0. The molecule has 8 nitrogen and oxygen atoms in total. The quantitative estimate of drug-likeness (QED) is 0.496. The van der Waals surface area contributed by atoms with Gasteiger partial charge in [-0.25, -0.2) is 14.5 Å². The molecular weight excluding hydrogens is 406 g/mol. The molecule has 3 aromatic heterocycles. The number of aromatic hydroxyl groups is 1. The molecule has 0 bridgehead atoms. The number of hydrogen-bond donors (Lipinski definition) is 1. The van der Waals surface area contributed by atoms with E-state index < -0.39 is 0 Å². The Hall–Kier alpha value is -4.22. The maximum Gasteiger partial charge on any atom is 0.254 e. The molecule has 158 valence electrons. The van der Waals surface area contributed by atoms with Gasteiger partial charge in [0.1, 0.15) is 5.69 Å². The van der Waals surface area contributed by atoms with Crippen molar-refractivity contribution in [2.75, 3.05) is 26.3 Å². The summed E-state index contributed by atoms with van der Waals surface area (Å²) in [4.78, 5) is 22.6. The summed E-state index contributed by atoms with van der Waals surface area (Å²) in [5.74, 6) is 6.02. The Morgan fingerprint density at radius 2 is 1.75 bits per heavy atom. The number of carbonyl (C=O) groups excluding carboxylic acids is 1. The van der Waals surface area contributed by atoms with Crippen LogP contribution in [-0.2, 0) is 4.74 Å². The van der Waals surface area contributed by atoms with Crippen molar-refractivity contribution in [3.63, 3.8) is 0 Å². The Bertz CT molecular complexity index is 1330. The van der Waals surface area contributed by atoms with Crippen molar-refractivity contribution in [1.82, 2.24) is 24.5 Å². The highest BCUT2D eigenvalue weighted by molar-refractivity contribution is 5.94. The first-order valence-electron chi connectivity index (χ1n) is 10.2. The highest BCUT2D eigenvalue weighted by Crippen LogP contribution is 2.19. The number of pyridine rings is 1. The molecular formula is C24H19N5O3. The summed E-state index contributed by atoms with van der Waals surface area (Å²) in [6, 6.07) is 14.4. The van der Waals surface area contributed by atoms with Gasteiger partial charge >= 0.3 is 0 Å². The molecule has 0 radical (unpaired) electrons. The maximum absolute atomic E-state index is 12.6. The molecule has 1 fully saturated rings. The standard InChI is InChI=1S/C24H19N5O3/c30-23-10-2-17(15-26-23)1-7-20-16-25-22-9-8-21(27-29(20)22)18-3-5-19(6-4-18)24(31)28-11-13-32-14-12-28/h2-6,8-10,15-16H,11-14H2,(H,26,30). The van der Waals surface area contributed by atoms with E-state index in [0.717, 1.165) is 11.3 Å². The minimum absolute atomic E-state index is 0.0131. The van der Waals surface area contributed by atoms with E-state index in [0.29, 0.717) is 48.8 Å². The molecule has 1 aliphatic heterocycles. The fourth-order valence-electron chi connectivity index (χ4n) is 3.44. The Morgan fingerprint density at radius 3 is 2.50 bits per heavy atom. The first-order chi connectivity index (χ1) is 15.7. The fourth-order valence-corrected chi connectivity index (χ4v) is 3.44. The molecule has 0 unspecified atom stereocenters. The van der Waals surface area contributed by atoms with Crippen molar-refractivity contribution < 1.29 is 14.6 Å². The molecule has 1 aromatic carbocycles. The molecule has 1 aliphatic rings. The van der Waals surface area contributed by atoms with Crippen molar-refractivity contribution in [3.8, 4) is 29.0 Å². The average Bonchev–Trinajstić information content (AvgIpc) is 3.26. The zero-order valence-electron chi connectivity index (χ0n) is 17.1. The van der Waals surface area contributed by atoms with Gasteiger partial charge in [-0.05, 0) is 36.3 Å². The van der Waals surface area contributed by atoms with Gasteiger partial charge < -0.3 is 14.7 Å². The van der Waals surface area contributed by atoms with Gasteiger partial charge in [0.25, 0.3) is 5.91 Å². The summed E-state index contributed by atoms with van der Waals surface area (Å²) in [6.07, 6.45) is 3.17. The van der Waals surface area contributed by atoms with Gasteiger partial charge in [-0.1, -0.05) is 18.1 Å². The van der Waals surface area contributed by atoms with Crippen LogP contribution in [0.3, 0.4) is 0 Å². The van der Waals surface area contributed by atoms with E-state index in [9.17, 15) is 9.90 Å². The number of fused-ring (bicyclic) bond motifs is 1. The van der Waals surface area contributed by atoms with Gasteiger partial charge in [-0.2, -0.15) is 5.10 Å². The normalized spacial score (nSPS) is 13.6. The van der Waals surface area contributed by atoms with Crippen molar-refractivity contribution >= 4 is 11.6 Å². The van der Waals surface area contributed by atoms with Crippen molar-refractivity contribution in [2.24, 2.45) is 0 Å². The van der Waals surface area contributed by atoms with Crippen LogP contribution in [0.15, 0.2) is 60.9 Å². The number of nitrogens with zero attached hydrogens (tertiary/aromatic N) is 5. The van der Waals surface area contributed by atoms with Gasteiger partial charge in [0.2, 0.25) is 5.88 Å². The van der Waals surface area contributed by atoms with E-state index in [4.69, 9.17) is 4.74 Å². The first-order valence-corrected chi connectivity index (χ1v) is 10.2. The number of amides is 1. The maximum atomic E-state index is 12.6. The van der Waals surface area contributed by atoms with Crippen LogP contribution in [0.2, 0.25) is 0 Å². The number of ether oxygens (including phenoxy) is 1. The molecule has 4 heterocycles. The van der Waals surface area contributed by atoms with E-state index in [-0.39, 0.29) is 11.8 Å². The second-order valence-electron chi connectivity index (χ2n) is 7.27. The topological polar surface area (TPSA) is 92.8 Å². The SMILES string of the molecule is O=C(c1ccc(-c2ccc3ncc(C#Cc4ccc(O)nc4)n3n2)cc1)N1CCOCC1. The van der Waals surface area contributed by atoms with Crippen molar-refractivity contribution in [2.45, 2.75) is 0 Å². The Kier molecular flexibility index (Phi) is 5.24. The molecule has 1 N–H and O–H groups in total. The molecule has 4 aromatic rings. The molecule has 5 rings (SSSR count). The Labute approximate surface area is 184 Å². The summed E-state index contributed by atoms with van der Waals surface area (Å²) < 4.78 is 7.00. The largest absolute Gasteiger partial charge is 0.493 e. The van der Waals surface area contributed by atoms with Crippen LogP contribution in [0.25, 0.3) is 16.9 Å². The lowest BCUT2D eigenvalue weighted by molar-refractivity contribution is 0.0303. The van der Waals surface area contributed by atoms with Crippen LogP contribution in [0.1, 0.15) is 21.6 Å². The van der Waals surface area contributed by atoms with Crippen LogP contribution >= 0.6 is 0 Å². The molecule has 0 saturated carbocycles. The molecule has 0 spiro atoms. The van der Waals surface area contributed by atoms with Crippen LogP contribution in [0.5, 0.6) is 5.88 Å². The monoisotopic (exact) mass is 425 g/mol. The summed E-state index contributed by atoms with van der Waals surface area (Å²) >= 11 is 0. The molecule has 8 heteroatoms. The fraction of sp³-hybridized carbons (Fsp3) is 0.167. The first kappa shape index (κ1) is 19.7. The van der Waals surface area contributed by atoms with Crippen molar-refractivity contribution in [3.05, 3.63) is 77.7 Å². The highest BCUT2D eigenvalue weighted by atomic mass is 16.5. The second kappa shape index (κ2) is 8.49. The van der Waals surface area contributed by atoms with E-state index >= 15 is 0 Å². The molecule has 1 saturated heterocycles. The minimum atomic E-state index is -0.0469. The van der Waals surface area contributed by atoms with E-state index in [1.54, 1.807) is 16.8 Å². The molecule has 0 aliphatic carbocycles. The summed E-state index contributed by atoms with van der Waals surface area (Å²) in [5.41, 5.74) is 4.27. The van der Waals surface area contributed by atoms with Crippen LogP contribution in [0, 0.1) is 11.8 Å². The third kappa shape index (κ3) is 4.02. The highest BCUT2D eigenvalue weighted by Gasteiger charge is 2.18. The van der Waals surface area contributed by atoms with Crippen LogP contribution in [0.4, 0.5) is 0 Å². The predicted molar refractivity (Wildman–Crippen MR) is 117 cm³/mol. The summed E-state index contributed by atoms with van der Waals surface area (Å²) in [7, 11) is 0. The van der Waals surface area contributed by atoms with Gasteiger partial charge in [0, 0.05) is 42.0 Å². The lowest BCUT2D eigenvalue weighted by atomic mass is 10.1. The third-order valence-corrected chi connectivity index (χ3v) is 5.17. The minimum Gasteiger partial charge on any atom is -0.493 e. The van der Waals surface area contributed by atoms with E-state index in [1.165, 1.54) is 12.3 Å². The van der Waals surface area contributed by atoms with E-state index in [2.05, 4.69) is 26.9 Å². The number of aromatic nitrogens is 4. The smallest absolute Gasteiger partial charge is 0.254 e. The second-order valence-corrected chi connectivity index (χ2v) is 7.27. The predicted octanol–water partition coefficient (Wildman–Crippen LogP) is 2.37. The zero-order valence-corrected chi connectivity index (χ0v) is 17.1. The van der Waals surface area contributed by atoms with Crippen LogP contribution in [-0.4, -0.2) is 61.8 Å². The Morgan fingerprint density at radius 1 is 0.938 bits per heavy atom. The molecule has 0 atom stereocenters. The number of hydrogen-bond acceptors (Lipinski definition) is 6. The summed E-state index contributed by atoms with van der Waals surface area (Å²) in [6.45, 7) is 2.38. The van der Waals surface area contributed by atoms with Gasteiger partial charge in [-0.15, -0.1) is 0 Å².